The summed E-state index contributed by atoms with van der Waals surface area (Å²) >= 11 is 0. The summed E-state index contributed by atoms with van der Waals surface area (Å²) in [5, 5.41) is 9.47. The Morgan fingerprint density at radius 1 is 1.41 bits per heavy atom. The molecule has 1 aliphatic rings. The van der Waals surface area contributed by atoms with Gasteiger partial charge in [-0.05, 0) is 0 Å². The van der Waals surface area contributed by atoms with Gasteiger partial charge in [0.05, 0.1) is 12.7 Å². The van der Waals surface area contributed by atoms with Crippen LogP contribution in [0.2, 0.25) is 0 Å². The fourth-order valence-corrected chi connectivity index (χ4v) is 2.35. The van der Waals surface area contributed by atoms with Crippen LogP contribution in [0.5, 0.6) is 6.01 Å². The van der Waals surface area contributed by atoms with E-state index in [-0.39, 0.29) is 29.9 Å². The molecule has 1 aliphatic heterocycles. The number of aliphatic hydroxyl groups excluding tert-OH is 1. The van der Waals surface area contributed by atoms with E-state index in [1.165, 1.54) is 0 Å². The molecule has 22 heavy (non-hydrogen) atoms. The number of fused-ring (bicyclic) bond motifs is 1. The van der Waals surface area contributed by atoms with Crippen molar-refractivity contribution in [1.82, 2.24) is 19.9 Å². The maximum atomic E-state index is 10.8. The Morgan fingerprint density at radius 3 is 2.82 bits per heavy atom. The molecule has 0 spiro atoms. The van der Waals surface area contributed by atoms with Crippen LogP contribution in [0.15, 0.2) is 0 Å². The highest BCUT2D eigenvalue weighted by molar-refractivity contribution is 7.51. The summed E-state index contributed by atoms with van der Waals surface area (Å²) in [6.07, 6.45) is -1.51. The van der Waals surface area contributed by atoms with Gasteiger partial charge in [0.2, 0.25) is 0 Å². The summed E-state index contributed by atoms with van der Waals surface area (Å²) in [5.41, 5.74) is 6.29. The first-order valence-corrected chi connectivity index (χ1v) is 8.12. The molecule has 1 unspecified atom stereocenters. The molecule has 2 aromatic heterocycles. The van der Waals surface area contributed by atoms with E-state index < -0.39 is 26.2 Å². The molecule has 120 valence electrons. The number of rotatable bonds is 4. The van der Waals surface area contributed by atoms with Gasteiger partial charge >= 0.3 is 7.60 Å². The maximum Gasteiger partial charge on any atom is 0.362 e. The quantitative estimate of drug-likeness (QED) is 0.449. The second-order valence-corrected chi connectivity index (χ2v) is 6.44. The van der Waals surface area contributed by atoms with Crippen LogP contribution in [0.25, 0.3) is 11.2 Å². The molecule has 11 nitrogen and oxygen atoms in total. The van der Waals surface area contributed by atoms with E-state index in [0.29, 0.717) is 11.9 Å². The summed E-state index contributed by atoms with van der Waals surface area (Å²) in [4.78, 5) is 32.4. The first kappa shape index (κ1) is 15.1. The van der Waals surface area contributed by atoms with Gasteiger partial charge in [0.25, 0.3) is 6.01 Å². The van der Waals surface area contributed by atoms with Crippen molar-refractivity contribution in [2.75, 3.05) is 18.7 Å². The summed E-state index contributed by atoms with van der Waals surface area (Å²) in [6.45, 7) is 0.198. The summed E-state index contributed by atoms with van der Waals surface area (Å²) in [5.74, 6) is 0.387. The van der Waals surface area contributed by atoms with Crippen molar-refractivity contribution in [3.05, 3.63) is 5.82 Å². The number of nitrogens with one attached hydrogen (secondary N) is 1. The Balaban J connectivity index is 1.88. The van der Waals surface area contributed by atoms with Gasteiger partial charge in [0, 0.05) is 6.42 Å². The number of aromatic amines is 1. The standard InChI is InChI=1S/C10H14N5O6P/c11-7-6-9(15-10(12-6)21-3-22(17,18)19)14-8(13-7)5-1-4(16)2-20-5/h4-5,16H,1-3H2,(H2,17,18,19)(H3,11,12,13,14,15)/t4-,5?/m0/s1. The zero-order valence-corrected chi connectivity index (χ0v) is 12.1. The third-order valence-corrected chi connectivity index (χ3v) is 3.47. The lowest BCUT2D eigenvalue weighted by Gasteiger charge is -2.07. The minimum Gasteiger partial charge on any atom is -0.452 e. The zero-order valence-electron chi connectivity index (χ0n) is 11.2. The molecule has 1 fully saturated rings. The van der Waals surface area contributed by atoms with Crippen LogP contribution < -0.4 is 10.5 Å². The van der Waals surface area contributed by atoms with E-state index in [2.05, 4.69) is 19.9 Å². The van der Waals surface area contributed by atoms with E-state index in [1.807, 2.05) is 0 Å². The molecule has 1 saturated heterocycles. The third kappa shape index (κ3) is 3.18. The fourth-order valence-electron chi connectivity index (χ4n) is 2.06. The monoisotopic (exact) mass is 331 g/mol. The zero-order chi connectivity index (χ0) is 15.9. The maximum absolute atomic E-state index is 10.8. The minimum atomic E-state index is -4.32. The number of aromatic nitrogens is 4. The number of H-pyrrole nitrogens is 1. The van der Waals surface area contributed by atoms with E-state index in [9.17, 15) is 9.67 Å². The predicted octanol–water partition coefficient (Wildman–Crippen LogP) is -0.729. The molecule has 2 atom stereocenters. The van der Waals surface area contributed by atoms with E-state index in [0.717, 1.165) is 0 Å². The first-order valence-electron chi connectivity index (χ1n) is 6.32. The lowest BCUT2D eigenvalue weighted by molar-refractivity contribution is 0.0847. The molecule has 0 radical (unpaired) electrons. The summed E-state index contributed by atoms with van der Waals surface area (Å²) in [6, 6.07) is -0.121. The normalized spacial score (nSPS) is 22.3. The van der Waals surface area contributed by atoms with Crippen molar-refractivity contribution in [1.29, 1.82) is 0 Å². The van der Waals surface area contributed by atoms with Gasteiger partial charge in [0.15, 0.2) is 23.6 Å². The van der Waals surface area contributed by atoms with Crippen LogP contribution in [0.1, 0.15) is 18.3 Å². The number of ether oxygens (including phenoxy) is 2. The number of aliphatic hydroxyl groups is 1. The van der Waals surface area contributed by atoms with Gasteiger partial charge in [-0.1, -0.05) is 0 Å². The van der Waals surface area contributed by atoms with Gasteiger partial charge in [-0.2, -0.15) is 4.98 Å². The number of hydrogen-bond acceptors (Lipinski definition) is 8. The Bertz CT molecular complexity index is 745. The second kappa shape index (κ2) is 5.45. The van der Waals surface area contributed by atoms with E-state index in [1.54, 1.807) is 0 Å². The second-order valence-electron chi connectivity index (χ2n) is 4.86. The van der Waals surface area contributed by atoms with Crippen molar-refractivity contribution >= 4 is 24.6 Å². The van der Waals surface area contributed by atoms with Gasteiger partial charge in [-0.25, -0.2) is 9.97 Å². The predicted molar refractivity (Wildman–Crippen MR) is 73.0 cm³/mol. The number of anilines is 1. The largest absolute Gasteiger partial charge is 0.452 e. The highest BCUT2D eigenvalue weighted by atomic mass is 31.2. The van der Waals surface area contributed by atoms with Crippen molar-refractivity contribution in [3.8, 4) is 6.01 Å². The van der Waals surface area contributed by atoms with Crippen LogP contribution in [0.4, 0.5) is 5.82 Å². The number of nitrogens with two attached hydrogens (primary N) is 1. The van der Waals surface area contributed by atoms with Crippen LogP contribution in [0.3, 0.4) is 0 Å². The Morgan fingerprint density at radius 2 is 2.18 bits per heavy atom. The molecule has 3 heterocycles. The third-order valence-electron chi connectivity index (χ3n) is 3.01. The van der Waals surface area contributed by atoms with Crippen LogP contribution in [0, 0.1) is 0 Å². The van der Waals surface area contributed by atoms with Gasteiger partial charge < -0.3 is 35.1 Å². The number of hydrogen-bond donors (Lipinski definition) is 5. The molecule has 0 bridgehead atoms. The van der Waals surface area contributed by atoms with Crippen molar-refractivity contribution in [3.63, 3.8) is 0 Å². The van der Waals surface area contributed by atoms with Crippen LogP contribution in [-0.4, -0.2) is 53.9 Å². The molecule has 0 aromatic carbocycles. The minimum absolute atomic E-state index is 0.100. The molecule has 0 saturated carbocycles. The first-order chi connectivity index (χ1) is 10.3. The molecular weight excluding hydrogens is 317 g/mol. The summed E-state index contributed by atoms with van der Waals surface area (Å²) in [7, 11) is -4.32. The molecule has 12 heteroatoms. The fraction of sp³-hybridized carbons (Fsp3) is 0.500. The van der Waals surface area contributed by atoms with Crippen molar-refractivity contribution < 1.29 is 28.9 Å². The average molecular weight is 331 g/mol. The van der Waals surface area contributed by atoms with Crippen molar-refractivity contribution in [2.45, 2.75) is 18.6 Å². The highest BCUT2D eigenvalue weighted by Gasteiger charge is 2.28. The molecule has 6 N–H and O–H groups in total. The van der Waals surface area contributed by atoms with Gasteiger partial charge in [-0.15, -0.1) is 0 Å². The van der Waals surface area contributed by atoms with E-state index in [4.69, 9.17) is 25.0 Å². The summed E-state index contributed by atoms with van der Waals surface area (Å²) < 4.78 is 21.0. The highest BCUT2D eigenvalue weighted by Crippen LogP contribution is 2.34. The molecule has 0 amide bonds. The average Bonchev–Trinajstić information content (AvgIpc) is 3.01. The number of nitrogens with zero attached hydrogens (tertiary/aromatic N) is 3. The van der Waals surface area contributed by atoms with Gasteiger partial charge in [0.1, 0.15) is 11.6 Å². The van der Waals surface area contributed by atoms with Crippen LogP contribution in [-0.2, 0) is 9.30 Å². The Labute approximate surface area is 123 Å². The molecule has 0 aliphatic carbocycles. The Hall–Kier alpha value is -1.78. The molecular formula is C10H14N5O6P. The topological polar surface area (TPSA) is 177 Å². The van der Waals surface area contributed by atoms with E-state index >= 15 is 0 Å². The van der Waals surface area contributed by atoms with Gasteiger partial charge in [-0.3, -0.25) is 4.57 Å². The van der Waals surface area contributed by atoms with Crippen LogP contribution >= 0.6 is 7.60 Å². The van der Waals surface area contributed by atoms with Crippen molar-refractivity contribution in [2.24, 2.45) is 0 Å². The smallest absolute Gasteiger partial charge is 0.362 e. The lowest BCUT2D eigenvalue weighted by Crippen LogP contribution is -2.07. The molecule has 3 rings (SSSR count). The lowest BCUT2D eigenvalue weighted by atomic mass is 10.2. The number of nitrogen functional groups attached to an aromatic ring is 1. The molecule has 2 aromatic rings. The SMILES string of the molecule is Nc1nc(C2C[C@H](O)CO2)nc2nc(OCP(=O)(O)O)[nH]c12. The number of imidazole rings is 1. The Kier molecular flexibility index (Phi) is 3.75.